The molecular formula is C12H21NOS. The predicted octanol–water partition coefficient (Wildman–Crippen LogP) is 3.96. The molecular weight excluding hydrogens is 206 g/mol. The fourth-order valence-corrected chi connectivity index (χ4v) is 2.43. The Hall–Kier alpha value is -0.570. The Morgan fingerprint density at radius 3 is 2.33 bits per heavy atom. The van der Waals surface area contributed by atoms with Crippen LogP contribution in [0, 0.1) is 0 Å². The molecule has 15 heavy (non-hydrogen) atoms. The highest BCUT2D eigenvalue weighted by Crippen LogP contribution is 2.37. The van der Waals surface area contributed by atoms with Gasteiger partial charge in [-0.3, -0.25) is 0 Å². The zero-order valence-corrected chi connectivity index (χ0v) is 11.4. The van der Waals surface area contributed by atoms with Crippen LogP contribution in [0.25, 0.3) is 0 Å². The summed E-state index contributed by atoms with van der Waals surface area (Å²) in [7, 11) is 0. The van der Waals surface area contributed by atoms with Crippen molar-refractivity contribution in [1.82, 2.24) is 4.98 Å². The van der Waals surface area contributed by atoms with E-state index >= 15 is 0 Å². The molecule has 0 unspecified atom stereocenters. The zero-order valence-electron chi connectivity index (χ0n) is 10.5. The molecule has 0 aromatic carbocycles. The van der Waals surface area contributed by atoms with Crippen molar-refractivity contribution >= 4 is 11.3 Å². The third-order valence-electron chi connectivity index (χ3n) is 2.08. The third kappa shape index (κ3) is 2.94. The molecule has 0 radical (unpaired) electrons. The van der Waals surface area contributed by atoms with Crippen molar-refractivity contribution in [3.63, 3.8) is 0 Å². The van der Waals surface area contributed by atoms with E-state index in [1.807, 2.05) is 6.92 Å². The van der Waals surface area contributed by atoms with Crippen LogP contribution in [0.1, 0.15) is 58.2 Å². The van der Waals surface area contributed by atoms with Crippen LogP contribution in [0.15, 0.2) is 0 Å². The number of hydrogen-bond acceptors (Lipinski definition) is 3. The minimum absolute atomic E-state index is 0.115. The lowest BCUT2D eigenvalue weighted by Crippen LogP contribution is -2.10. The SMILES string of the molecule is CCOc1sc(C(C)(C)C)nc1C(C)C. The van der Waals surface area contributed by atoms with Gasteiger partial charge in [-0.1, -0.05) is 46.0 Å². The number of hydrogen-bond donors (Lipinski definition) is 0. The number of ether oxygens (including phenoxy) is 1. The van der Waals surface area contributed by atoms with Gasteiger partial charge < -0.3 is 4.74 Å². The Bertz CT molecular complexity index is 323. The van der Waals surface area contributed by atoms with Crippen molar-refractivity contribution < 1.29 is 4.74 Å². The van der Waals surface area contributed by atoms with Crippen molar-refractivity contribution in [3.05, 3.63) is 10.7 Å². The van der Waals surface area contributed by atoms with Crippen LogP contribution >= 0.6 is 11.3 Å². The maximum absolute atomic E-state index is 5.63. The molecule has 0 amide bonds. The fraction of sp³-hybridized carbons (Fsp3) is 0.750. The van der Waals surface area contributed by atoms with Gasteiger partial charge in [-0.25, -0.2) is 4.98 Å². The minimum Gasteiger partial charge on any atom is -0.483 e. The highest BCUT2D eigenvalue weighted by atomic mass is 32.1. The van der Waals surface area contributed by atoms with Crippen LogP contribution < -0.4 is 4.74 Å². The van der Waals surface area contributed by atoms with Gasteiger partial charge in [0.15, 0.2) is 5.06 Å². The van der Waals surface area contributed by atoms with Gasteiger partial charge in [-0.15, -0.1) is 0 Å². The first-order valence-electron chi connectivity index (χ1n) is 5.50. The normalized spacial score (nSPS) is 12.2. The zero-order chi connectivity index (χ0) is 11.6. The van der Waals surface area contributed by atoms with E-state index in [1.54, 1.807) is 11.3 Å². The van der Waals surface area contributed by atoms with Gasteiger partial charge in [-0.2, -0.15) is 0 Å². The van der Waals surface area contributed by atoms with Gasteiger partial charge in [0.25, 0.3) is 0 Å². The Labute approximate surface area is 96.7 Å². The van der Waals surface area contributed by atoms with Crippen molar-refractivity contribution in [2.45, 2.75) is 52.9 Å². The second-order valence-corrected chi connectivity index (χ2v) is 5.99. The van der Waals surface area contributed by atoms with E-state index in [4.69, 9.17) is 9.72 Å². The molecule has 0 bridgehead atoms. The predicted molar refractivity (Wildman–Crippen MR) is 66.1 cm³/mol. The Kier molecular flexibility index (Phi) is 3.77. The largest absolute Gasteiger partial charge is 0.483 e. The van der Waals surface area contributed by atoms with Crippen LogP contribution in [0.5, 0.6) is 5.06 Å². The minimum atomic E-state index is 0.115. The molecule has 0 aliphatic rings. The monoisotopic (exact) mass is 227 g/mol. The topological polar surface area (TPSA) is 22.1 Å². The summed E-state index contributed by atoms with van der Waals surface area (Å²) in [4.78, 5) is 4.69. The number of nitrogens with zero attached hydrogens (tertiary/aromatic N) is 1. The molecule has 1 rings (SSSR count). The Balaban J connectivity index is 3.09. The average molecular weight is 227 g/mol. The van der Waals surface area contributed by atoms with E-state index in [0.29, 0.717) is 12.5 Å². The van der Waals surface area contributed by atoms with Gasteiger partial charge >= 0.3 is 0 Å². The maximum atomic E-state index is 5.63. The van der Waals surface area contributed by atoms with E-state index in [-0.39, 0.29) is 5.41 Å². The molecule has 0 spiro atoms. The fourth-order valence-electron chi connectivity index (χ4n) is 1.24. The quantitative estimate of drug-likeness (QED) is 0.779. The third-order valence-corrected chi connectivity index (χ3v) is 3.49. The highest BCUT2D eigenvalue weighted by Gasteiger charge is 2.23. The Morgan fingerprint density at radius 1 is 1.33 bits per heavy atom. The van der Waals surface area contributed by atoms with Crippen LogP contribution in [0.3, 0.4) is 0 Å². The molecule has 86 valence electrons. The van der Waals surface area contributed by atoms with E-state index in [1.165, 1.54) is 0 Å². The number of aromatic nitrogens is 1. The van der Waals surface area contributed by atoms with Crippen molar-refractivity contribution in [2.24, 2.45) is 0 Å². The summed E-state index contributed by atoms with van der Waals surface area (Å²) in [6.45, 7) is 13.6. The lowest BCUT2D eigenvalue weighted by molar-refractivity contribution is 0.344. The smallest absolute Gasteiger partial charge is 0.197 e. The van der Waals surface area contributed by atoms with E-state index in [0.717, 1.165) is 15.8 Å². The van der Waals surface area contributed by atoms with E-state index < -0.39 is 0 Å². The van der Waals surface area contributed by atoms with Crippen molar-refractivity contribution in [2.75, 3.05) is 6.61 Å². The van der Waals surface area contributed by atoms with Crippen LogP contribution in [-0.2, 0) is 5.41 Å². The highest BCUT2D eigenvalue weighted by molar-refractivity contribution is 7.13. The summed E-state index contributed by atoms with van der Waals surface area (Å²) in [5.41, 5.74) is 1.22. The van der Waals surface area contributed by atoms with Crippen LogP contribution in [0.4, 0.5) is 0 Å². The molecule has 1 heterocycles. The van der Waals surface area contributed by atoms with E-state index in [2.05, 4.69) is 34.6 Å². The molecule has 1 aromatic heterocycles. The molecule has 0 saturated carbocycles. The summed E-state index contributed by atoms with van der Waals surface area (Å²) >= 11 is 1.69. The van der Waals surface area contributed by atoms with Crippen molar-refractivity contribution in [3.8, 4) is 5.06 Å². The standard InChI is InChI=1S/C12H21NOS/c1-7-14-10-9(8(2)3)13-11(15-10)12(4,5)6/h8H,7H2,1-6H3. The first-order chi connectivity index (χ1) is 6.86. The molecule has 2 nitrogen and oxygen atoms in total. The second-order valence-electron chi connectivity index (χ2n) is 5.03. The molecule has 0 saturated heterocycles. The van der Waals surface area contributed by atoms with Crippen LogP contribution in [-0.4, -0.2) is 11.6 Å². The number of rotatable bonds is 3. The van der Waals surface area contributed by atoms with Crippen molar-refractivity contribution in [1.29, 1.82) is 0 Å². The summed E-state index contributed by atoms with van der Waals surface area (Å²) in [5.74, 6) is 0.430. The summed E-state index contributed by atoms with van der Waals surface area (Å²) < 4.78 is 5.63. The molecule has 0 fully saturated rings. The molecule has 0 aliphatic carbocycles. The van der Waals surface area contributed by atoms with Gasteiger partial charge in [-0.05, 0) is 6.92 Å². The molecule has 0 atom stereocenters. The van der Waals surface area contributed by atoms with Gasteiger partial charge in [0, 0.05) is 11.3 Å². The van der Waals surface area contributed by atoms with Gasteiger partial charge in [0.05, 0.1) is 12.3 Å². The van der Waals surface area contributed by atoms with Gasteiger partial charge in [0.2, 0.25) is 0 Å². The average Bonchev–Trinajstić information content (AvgIpc) is 2.48. The van der Waals surface area contributed by atoms with Gasteiger partial charge in [0.1, 0.15) is 5.01 Å². The first-order valence-corrected chi connectivity index (χ1v) is 6.32. The maximum Gasteiger partial charge on any atom is 0.197 e. The number of thiazole rings is 1. The second kappa shape index (κ2) is 4.52. The van der Waals surface area contributed by atoms with E-state index in [9.17, 15) is 0 Å². The summed E-state index contributed by atoms with van der Waals surface area (Å²) in [6.07, 6.45) is 0. The summed E-state index contributed by atoms with van der Waals surface area (Å²) in [5, 5.41) is 2.16. The molecule has 0 N–H and O–H groups in total. The van der Waals surface area contributed by atoms with Crippen LogP contribution in [0.2, 0.25) is 0 Å². The molecule has 3 heteroatoms. The lowest BCUT2D eigenvalue weighted by Gasteiger charge is -2.13. The summed E-state index contributed by atoms with van der Waals surface area (Å²) in [6, 6.07) is 0. The Morgan fingerprint density at radius 2 is 1.93 bits per heavy atom. The molecule has 1 aromatic rings. The first kappa shape index (κ1) is 12.5. The molecule has 0 aliphatic heterocycles. The lowest BCUT2D eigenvalue weighted by atomic mass is 9.98.